The minimum atomic E-state index is -0.129. The molecule has 0 heterocycles. The summed E-state index contributed by atoms with van der Waals surface area (Å²) in [7, 11) is 0. The Morgan fingerprint density at radius 1 is 0.657 bits per heavy atom. The summed E-state index contributed by atoms with van der Waals surface area (Å²) in [4.78, 5) is 0. The number of benzene rings is 5. The molecule has 5 aromatic rings. The highest BCUT2D eigenvalue weighted by atomic mass is 35.5. The van der Waals surface area contributed by atoms with Gasteiger partial charge in [0.15, 0.2) is 0 Å². The summed E-state index contributed by atoms with van der Waals surface area (Å²) in [5, 5.41) is 14.8. The van der Waals surface area contributed by atoms with Crippen LogP contribution in [-0.2, 0) is 0 Å². The van der Waals surface area contributed by atoms with Crippen LogP contribution in [0.2, 0.25) is 5.02 Å². The summed E-state index contributed by atoms with van der Waals surface area (Å²) in [6, 6.07) is 30.3. The topological polar surface area (TPSA) is 12.0 Å². The molecule has 168 valence electrons. The fourth-order valence-corrected chi connectivity index (χ4v) is 6.18. The maximum absolute atomic E-state index is 6.43. The van der Waals surface area contributed by atoms with Crippen LogP contribution in [0, 0.1) is 5.41 Å². The minimum Gasteiger partial charge on any atom is -0.355 e. The molecule has 0 saturated carbocycles. The average molecular weight is 470 g/mol. The highest BCUT2D eigenvalue weighted by Gasteiger charge is 2.30. The zero-order chi connectivity index (χ0) is 23.7. The van der Waals surface area contributed by atoms with Gasteiger partial charge in [0.2, 0.25) is 0 Å². The van der Waals surface area contributed by atoms with Crippen molar-refractivity contribution in [2.75, 3.05) is 5.32 Å². The summed E-state index contributed by atoms with van der Waals surface area (Å²) < 4.78 is 0. The van der Waals surface area contributed by atoms with Crippen LogP contribution < -0.4 is 15.8 Å². The van der Waals surface area contributed by atoms with Crippen molar-refractivity contribution in [3.05, 3.63) is 124 Å². The Kier molecular flexibility index (Phi) is 4.31. The molecular formula is C33H24ClN. The first-order valence-corrected chi connectivity index (χ1v) is 12.4. The molecule has 2 heteroatoms. The average Bonchev–Trinajstić information content (AvgIpc) is 3.22. The number of rotatable bonds is 2. The van der Waals surface area contributed by atoms with Gasteiger partial charge in [0.1, 0.15) is 0 Å². The number of para-hydroxylation sites is 1. The smallest absolute Gasteiger partial charge is 0.0640 e. The van der Waals surface area contributed by atoms with Gasteiger partial charge in [-0.05, 0) is 90.3 Å². The third-order valence-electron chi connectivity index (χ3n) is 7.41. The number of allylic oxidation sites excluding steroid dienone is 3. The van der Waals surface area contributed by atoms with E-state index >= 15 is 0 Å². The Hall–Kier alpha value is -3.81. The van der Waals surface area contributed by atoms with E-state index in [9.17, 15) is 0 Å². The third kappa shape index (κ3) is 3.08. The van der Waals surface area contributed by atoms with Crippen LogP contribution in [0.3, 0.4) is 0 Å². The first kappa shape index (κ1) is 20.6. The summed E-state index contributed by atoms with van der Waals surface area (Å²) in [5.41, 5.74) is 4.53. The highest BCUT2D eigenvalue weighted by molar-refractivity contribution is 6.33. The molecule has 0 aliphatic heterocycles. The van der Waals surface area contributed by atoms with E-state index in [0.29, 0.717) is 0 Å². The maximum Gasteiger partial charge on any atom is 0.0640 e. The van der Waals surface area contributed by atoms with E-state index < -0.39 is 0 Å². The minimum absolute atomic E-state index is 0.129. The van der Waals surface area contributed by atoms with Gasteiger partial charge in [-0.1, -0.05) is 92.2 Å². The van der Waals surface area contributed by atoms with Crippen LogP contribution in [0.15, 0.2) is 108 Å². The molecule has 1 nitrogen and oxygen atoms in total. The van der Waals surface area contributed by atoms with Gasteiger partial charge in [-0.15, -0.1) is 0 Å². The molecule has 1 N–H and O–H groups in total. The predicted molar refractivity (Wildman–Crippen MR) is 151 cm³/mol. The van der Waals surface area contributed by atoms with Gasteiger partial charge < -0.3 is 5.32 Å². The number of hydrogen-bond acceptors (Lipinski definition) is 1. The van der Waals surface area contributed by atoms with Crippen molar-refractivity contribution >= 4 is 61.3 Å². The van der Waals surface area contributed by atoms with Gasteiger partial charge in [-0.25, -0.2) is 0 Å². The first-order valence-electron chi connectivity index (χ1n) is 12.1. The fraction of sp³-hybridized carbons (Fsp3) is 0.0909. The van der Waals surface area contributed by atoms with Crippen LogP contribution in [-0.4, -0.2) is 0 Å². The summed E-state index contributed by atoms with van der Waals surface area (Å²) in [5.74, 6) is 0. The molecule has 0 unspecified atom stereocenters. The Morgan fingerprint density at radius 2 is 1.23 bits per heavy atom. The Balaban J connectivity index is 1.50. The monoisotopic (exact) mass is 469 g/mol. The molecule has 0 atom stereocenters. The van der Waals surface area contributed by atoms with E-state index in [4.69, 9.17) is 11.6 Å². The van der Waals surface area contributed by atoms with Crippen LogP contribution >= 0.6 is 11.6 Å². The molecule has 0 bridgehead atoms. The zero-order valence-electron chi connectivity index (χ0n) is 19.7. The van der Waals surface area contributed by atoms with Crippen molar-refractivity contribution in [3.8, 4) is 0 Å². The van der Waals surface area contributed by atoms with Gasteiger partial charge in [0.25, 0.3) is 0 Å². The lowest BCUT2D eigenvalue weighted by molar-refractivity contribution is 0.639. The second-order valence-corrected chi connectivity index (χ2v) is 10.5. The normalized spacial score (nSPS) is 16.0. The van der Waals surface area contributed by atoms with Gasteiger partial charge in [-0.2, -0.15) is 0 Å². The number of nitrogens with one attached hydrogen (secondary N) is 1. The molecular weight excluding hydrogens is 446 g/mol. The van der Waals surface area contributed by atoms with E-state index in [-0.39, 0.29) is 5.41 Å². The zero-order valence-corrected chi connectivity index (χ0v) is 20.4. The molecule has 0 amide bonds. The van der Waals surface area contributed by atoms with Crippen molar-refractivity contribution in [2.45, 2.75) is 13.8 Å². The molecule has 0 fully saturated rings. The molecule has 0 saturated heterocycles. The lowest BCUT2D eigenvalue weighted by atomic mass is 9.76. The number of halogens is 1. The summed E-state index contributed by atoms with van der Waals surface area (Å²) in [6.07, 6.45) is 6.92. The number of hydrogen-bond donors (Lipinski definition) is 1. The molecule has 5 aromatic carbocycles. The Morgan fingerprint density at radius 3 is 1.89 bits per heavy atom. The van der Waals surface area contributed by atoms with E-state index in [1.165, 1.54) is 53.9 Å². The van der Waals surface area contributed by atoms with Crippen molar-refractivity contribution < 1.29 is 0 Å². The Labute approximate surface area is 209 Å². The molecule has 2 aliphatic rings. The van der Waals surface area contributed by atoms with Gasteiger partial charge >= 0.3 is 0 Å². The number of anilines is 1. The van der Waals surface area contributed by atoms with Crippen LogP contribution in [0.5, 0.6) is 0 Å². The van der Waals surface area contributed by atoms with Gasteiger partial charge in [0, 0.05) is 11.1 Å². The fourth-order valence-electron chi connectivity index (χ4n) is 5.99. The standard InChI is InChI=1S/C33H24ClN/c1-33(2)19-22(35-31-14-8-7-13-30(31)34)16-21-15-20-17-28-25-11-5-3-9-23(25)24-10-4-6-12-26(24)29(28)18-27(20)32(21)33/h3-19,35H,1-2H3. The van der Waals surface area contributed by atoms with Crippen LogP contribution in [0.25, 0.3) is 44.0 Å². The van der Waals surface area contributed by atoms with E-state index in [1.807, 2.05) is 24.3 Å². The number of fused-ring (bicyclic) bond motifs is 8. The molecule has 0 radical (unpaired) electrons. The lowest BCUT2D eigenvalue weighted by Gasteiger charge is -2.30. The maximum atomic E-state index is 6.43. The summed E-state index contributed by atoms with van der Waals surface area (Å²) >= 11 is 6.43. The molecule has 0 spiro atoms. The SMILES string of the molecule is CC1(C)C=C(Nc2ccccc2Cl)C=C2C=c3cc4c5ccccc5c5ccccc5c4cc3=C21. The largest absolute Gasteiger partial charge is 0.355 e. The van der Waals surface area contributed by atoms with Crippen molar-refractivity contribution in [3.63, 3.8) is 0 Å². The van der Waals surface area contributed by atoms with E-state index in [0.717, 1.165) is 16.4 Å². The predicted octanol–water partition coefficient (Wildman–Crippen LogP) is 7.71. The van der Waals surface area contributed by atoms with Crippen molar-refractivity contribution in [2.24, 2.45) is 5.41 Å². The van der Waals surface area contributed by atoms with E-state index in [1.54, 1.807) is 0 Å². The third-order valence-corrected chi connectivity index (χ3v) is 7.74. The quantitative estimate of drug-likeness (QED) is 0.261. The van der Waals surface area contributed by atoms with Crippen molar-refractivity contribution in [1.29, 1.82) is 0 Å². The second kappa shape index (κ2) is 7.34. The van der Waals surface area contributed by atoms with Crippen LogP contribution in [0.1, 0.15) is 13.8 Å². The van der Waals surface area contributed by atoms with E-state index in [2.05, 4.69) is 98.1 Å². The van der Waals surface area contributed by atoms with Gasteiger partial charge in [0.05, 0.1) is 10.7 Å². The van der Waals surface area contributed by atoms with Gasteiger partial charge in [-0.3, -0.25) is 0 Å². The molecule has 7 rings (SSSR count). The first-order chi connectivity index (χ1) is 17.0. The molecule has 35 heavy (non-hydrogen) atoms. The molecule has 2 aliphatic carbocycles. The van der Waals surface area contributed by atoms with Crippen LogP contribution in [0.4, 0.5) is 5.69 Å². The highest BCUT2D eigenvalue weighted by Crippen LogP contribution is 2.42. The lowest BCUT2D eigenvalue weighted by Crippen LogP contribution is -2.28. The second-order valence-electron chi connectivity index (χ2n) is 10.1. The summed E-state index contributed by atoms with van der Waals surface area (Å²) in [6.45, 7) is 4.60. The Bertz CT molecular complexity index is 1900. The van der Waals surface area contributed by atoms with Crippen molar-refractivity contribution in [1.82, 2.24) is 0 Å². The molecule has 0 aromatic heterocycles.